The van der Waals surface area contributed by atoms with E-state index in [0.29, 0.717) is 23.7 Å². The van der Waals surface area contributed by atoms with E-state index in [2.05, 4.69) is 34.6 Å². The van der Waals surface area contributed by atoms with Crippen LogP contribution in [-0.2, 0) is 0 Å². The molecule has 0 bridgehead atoms. The highest BCUT2D eigenvalue weighted by Crippen LogP contribution is 2.46. The lowest BCUT2D eigenvalue weighted by Gasteiger charge is -2.49. The molecular formula is C15H30O. The van der Waals surface area contributed by atoms with E-state index < -0.39 is 5.60 Å². The largest absolute Gasteiger partial charge is 0.389 e. The molecule has 1 fully saturated rings. The Labute approximate surface area is 102 Å². The van der Waals surface area contributed by atoms with Gasteiger partial charge in [-0.25, -0.2) is 0 Å². The quantitative estimate of drug-likeness (QED) is 0.760. The van der Waals surface area contributed by atoms with Gasteiger partial charge in [0.2, 0.25) is 0 Å². The molecule has 1 nitrogen and oxygen atoms in total. The topological polar surface area (TPSA) is 20.2 Å². The second-order valence-corrected chi connectivity index (χ2v) is 6.24. The zero-order chi connectivity index (χ0) is 12.3. The molecule has 1 rings (SSSR count). The predicted molar refractivity (Wildman–Crippen MR) is 70.4 cm³/mol. The molecule has 16 heavy (non-hydrogen) atoms. The van der Waals surface area contributed by atoms with Gasteiger partial charge in [0.1, 0.15) is 0 Å². The van der Waals surface area contributed by atoms with Gasteiger partial charge in [-0.15, -0.1) is 0 Å². The third-order valence-electron chi connectivity index (χ3n) is 4.79. The first-order chi connectivity index (χ1) is 7.45. The minimum atomic E-state index is -0.394. The highest BCUT2D eigenvalue weighted by Gasteiger charge is 2.46. The molecule has 1 N–H and O–H groups in total. The molecule has 1 heteroatoms. The molecule has 0 saturated heterocycles. The zero-order valence-corrected chi connectivity index (χ0v) is 11.8. The standard InChI is InChI=1S/C15H30O/c1-6-13(7-2)15(16)10-12(5)8-9-14(15)11(3)4/h11-14,16H,6-10H2,1-5H3. The molecule has 0 spiro atoms. The van der Waals surface area contributed by atoms with Crippen LogP contribution in [0.3, 0.4) is 0 Å². The van der Waals surface area contributed by atoms with Crippen LogP contribution in [0.4, 0.5) is 0 Å². The monoisotopic (exact) mass is 226 g/mol. The fourth-order valence-corrected chi connectivity index (χ4v) is 3.90. The van der Waals surface area contributed by atoms with Gasteiger partial charge in [0.25, 0.3) is 0 Å². The van der Waals surface area contributed by atoms with Gasteiger partial charge < -0.3 is 5.11 Å². The van der Waals surface area contributed by atoms with E-state index in [1.165, 1.54) is 12.8 Å². The second-order valence-electron chi connectivity index (χ2n) is 6.24. The van der Waals surface area contributed by atoms with Crippen LogP contribution >= 0.6 is 0 Å². The van der Waals surface area contributed by atoms with Crippen LogP contribution in [0.25, 0.3) is 0 Å². The number of aliphatic hydroxyl groups is 1. The molecule has 1 saturated carbocycles. The summed E-state index contributed by atoms with van der Waals surface area (Å²) in [6.07, 6.45) is 5.76. The molecule has 0 radical (unpaired) electrons. The first-order valence-corrected chi connectivity index (χ1v) is 7.18. The van der Waals surface area contributed by atoms with E-state index in [1.807, 2.05) is 0 Å². The summed E-state index contributed by atoms with van der Waals surface area (Å²) in [6, 6.07) is 0. The van der Waals surface area contributed by atoms with Crippen molar-refractivity contribution in [2.45, 2.75) is 72.3 Å². The Hall–Kier alpha value is -0.0400. The lowest BCUT2D eigenvalue weighted by Crippen LogP contribution is -2.50. The normalized spacial score (nSPS) is 36.0. The number of hydrogen-bond acceptors (Lipinski definition) is 1. The third kappa shape index (κ3) is 2.61. The lowest BCUT2D eigenvalue weighted by molar-refractivity contribution is -0.123. The molecule has 1 aliphatic carbocycles. The summed E-state index contributed by atoms with van der Waals surface area (Å²) in [4.78, 5) is 0. The number of hydrogen-bond donors (Lipinski definition) is 1. The third-order valence-corrected chi connectivity index (χ3v) is 4.79. The first kappa shape index (κ1) is 14.0. The van der Waals surface area contributed by atoms with Crippen LogP contribution in [-0.4, -0.2) is 10.7 Å². The van der Waals surface area contributed by atoms with Crippen molar-refractivity contribution in [3.63, 3.8) is 0 Å². The maximum atomic E-state index is 11.1. The Morgan fingerprint density at radius 1 is 1.19 bits per heavy atom. The highest BCUT2D eigenvalue weighted by molar-refractivity contribution is 4.97. The van der Waals surface area contributed by atoms with Crippen molar-refractivity contribution < 1.29 is 5.11 Å². The van der Waals surface area contributed by atoms with Crippen LogP contribution in [0.1, 0.15) is 66.7 Å². The van der Waals surface area contributed by atoms with Crippen LogP contribution < -0.4 is 0 Å². The van der Waals surface area contributed by atoms with Crippen molar-refractivity contribution in [1.29, 1.82) is 0 Å². The maximum Gasteiger partial charge on any atom is 0.0708 e. The highest BCUT2D eigenvalue weighted by atomic mass is 16.3. The Bertz CT molecular complexity index is 207. The molecule has 0 aromatic heterocycles. The minimum Gasteiger partial charge on any atom is -0.389 e. The van der Waals surface area contributed by atoms with Gasteiger partial charge in [-0.3, -0.25) is 0 Å². The van der Waals surface area contributed by atoms with Crippen molar-refractivity contribution in [3.05, 3.63) is 0 Å². The predicted octanol–water partition coefficient (Wildman–Crippen LogP) is 4.25. The molecule has 96 valence electrons. The van der Waals surface area contributed by atoms with Gasteiger partial charge >= 0.3 is 0 Å². The van der Waals surface area contributed by atoms with Crippen molar-refractivity contribution in [1.82, 2.24) is 0 Å². The first-order valence-electron chi connectivity index (χ1n) is 7.18. The van der Waals surface area contributed by atoms with Crippen molar-refractivity contribution >= 4 is 0 Å². The Balaban J connectivity index is 2.91. The van der Waals surface area contributed by atoms with Crippen LogP contribution in [0.2, 0.25) is 0 Å². The summed E-state index contributed by atoms with van der Waals surface area (Å²) in [5.41, 5.74) is -0.394. The smallest absolute Gasteiger partial charge is 0.0708 e. The maximum absolute atomic E-state index is 11.1. The molecular weight excluding hydrogens is 196 g/mol. The molecule has 3 atom stereocenters. The summed E-state index contributed by atoms with van der Waals surface area (Å²) in [6.45, 7) is 11.3. The van der Waals surface area contributed by atoms with E-state index in [1.54, 1.807) is 0 Å². The SMILES string of the molecule is CCC(CC)C1(O)CC(C)CCC1C(C)C. The Morgan fingerprint density at radius 2 is 1.75 bits per heavy atom. The molecule has 0 aliphatic heterocycles. The summed E-state index contributed by atoms with van der Waals surface area (Å²) >= 11 is 0. The van der Waals surface area contributed by atoms with E-state index in [4.69, 9.17) is 0 Å². The van der Waals surface area contributed by atoms with E-state index >= 15 is 0 Å². The minimum absolute atomic E-state index is 0.394. The summed E-state index contributed by atoms with van der Waals surface area (Å²) in [5, 5.41) is 11.1. The van der Waals surface area contributed by atoms with Crippen molar-refractivity contribution in [2.75, 3.05) is 0 Å². The summed E-state index contributed by atoms with van der Waals surface area (Å²) in [5.74, 6) is 2.30. The molecule has 0 heterocycles. The zero-order valence-electron chi connectivity index (χ0n) is 11.8. The Kier molecular flexibility index (Phi) is 4.85. The summed E-state index contributed by atoms with van der Waals surface area (Å²) < 4.78 is 0. The second kappa shape index (κ2) is 5.53. The molecule has 0 amide bonds. The van der Waals surface area contributed by atoms with Crippen LogP contribution in [0, 0.1) is 23.7 Å². The van der Waals surface area contributed by atoms with Crippen LogP contribution in [0.15, 0.2) is 0 Å². The van der Waals surface area contributed by atoms with Gasteiger partial charge in [0.05, 0.1) is 5.60 Å². The lowest BCUT2D eigenvalue weighted by atomic mass is 9.61. The van der Waals surface area contributed by atoms with Gasteiger partial charge in [-0.05, 0) is 36.5 Å². The van der Waals surface area contributed by atoms with E-state index in [0.717, 1.165) is 19.3 Å². The number of rotatable bonds is 4. The molecule has 0 aromatic rings. The van der Waals surface area contributed by atoms with Crippen LogP contribution in [0.5, 0.6) is 0 Å². The van der Waals surface area contributed by atoms with E-state index in [9.17, 15) is 5.11 Å². The van der Waals surface area contributed by atoms with Crippen molar-refractivity contribution in [3.8, 4) is 0 Å². The molecule has 0 aromatic carbocycles. The molecule has 1 aliphatic rings. The summed E-state index contributed by atoms with van der Waals surface area (Å²) in [7, 11) is 0. The van der Waals surface area contributed by atoms with Gasteiger partial charge in [-0.1, -0.05) is 53.9 Å². The van der Waals surface area contributed by atoms with Crippen molar-refractivity contribution in [2.24, 2.45) is 23.7 Å². The van der Waals surface area contributed by atoms with Gasteiger partial charge in [-0.2, -0.15) is 0 Å². The van der Waals surface area contributed by atoms with E-state index in [-0.39, 0.29) is 0 Å². The van der Waals surface area contributed by atoms with Gasteiger partial charge in [0, 0.05) is 0 Å². The molecule has 3 unspecified atom stereocenters. The fourth-order valence-electron chi connectivity index (χ4n) is 3.90. The average Bonchev–Trinajstić information content (AvgIpc) is 2.18. The average molecular weight is 226 g/mol. The Morgan fingerprint density at radius 3 is 2.19 bits per heavy atom. The van der Waals surface area contributed by atoms with Gasteiger partial charge in [0.15, 0.2) is 0 Å². The fraction of sp³-hybridized carbons (Fsp3) is 1.00.